The van der Waals surface area contributed by atoms with E-state index in [1.807, 2.05) is 23.1 Å². The summed E-state index contributed by atoms with van der Waals surface area (Å²) in [5.41, 5.74) is 3.57. The summed E-state index contributed by atoms with van der Waals surface area (Å²) in [7, 11) is 0. The van der Waals surface area contributed by atoms with Gasteiger partial charge in [0.2, 0.25) is 5.91 Å². The molecule has 2 aliphatic rings. The van der Waals surface area contributed by atoms with Gasteiger partial charge in [0, 0.05) is 43.5 Å². The van der Waals surface area contributed by atoms with E-state index < -0.39 is 0 Å². The van der Waals surface area contributed by atoms with Gasteiger partial charge in [-0.25, -0.2) is 0 Å². The Morgan fingerprint density at radius 3 is 2.42 bits per heavy atom. The summed E-state index contributed by atoms with van der Waals surface area (Å²) >= 11 is 1.49. The number of anilines is 1. The minimum absolute atomic E-state index is 0.171. The van der Waals surface area contributed by atoms with Gasteiger partial charge < -0.3 is 9.80 Å². The Kier molecular flexibility index (Phi) is 5.68. The molecule has 1 aliphatic carbocycles. The van der Waals surface area contributed by atoms with Gasteiger partial charge in [-0.1, -0.05) is 42.1 Å². The van der Waals surface area contributed by atoms with Crippen LogP contribution < -0.4 is 4.90 Å². The van der Waals surface area contributed by atoms with Crippen molar-refractivity contribution in [2.45, 2.75) is 30.8 Å². The van der Waals surface area contributed by atoms with Crippen LogP contribution >= 0.6 is 11.8 Å². The molecule has 1 saturated carbocycles. The molecule has 1 amide bonds. The maximum absolute atomic E-state index is 12.9. The van der Waals surface area contributed by atoms with Crippen molar-refractivity contribution in [2.75, 3.05) is 36.8 Å². The molecule has 2 heterocycles. The van der Waals surface area contributed by atoms with E-state index in [0.29, 0.717) is 11.7 Å². The van der Waals surface area contributed by atoms with Crippen LogP contribution in [0.5, 0.6) is 0 Å². The number of carbonyl (C=O) groups excluding carboxylic acids is 1. The number of piperazine rings is 1. The van der Waals surface area contributed by atoms with Crippen LogP contribution in [0.1, 0.15) is 30.1 Å². The maximum Gasteiger partial charge on any atom is 0.233 e. The lowest BCUT2D eigenvalue weighted by Gasteiger charge is -2.36. The highest BCUT2D eigenvalue weighted by atomic mass is 32.2. The van der Waals surface area contributed by atoms with Gasteiger partial charge in [0.25, 0.3) is 0 Å². The van der Waals surface area contributed by atoms with Gasteiger partial charge >= 0.3 is 0 Å². The highest BCUT2D eigenvalue weighted by Crippen LogP contribution is 2.41. The van der Waals surface area contributed by atoms with Crippen molar-refractivity contribution in [3.8, 4) is 5.69 Å². The normalized spacial score (nSPS) is 16.5. The average Bonchev–Trinajstić information content (AvgIpc) is 3.57. The first-order valence-corrected chi connectivity index (χ1v) is 11.9. The van der Waals surface area contributed by atoms with E-state index in [4.69, 9.17) is 0 Å². The summed E-state index contributed by atoms with van der Waals surface area (Å²) in [5, 5.41) is 9.69. The SMILES string of the molecule is Cc1cccc(N2CCN(C(=O)CSc3nnc(C4CC4)n3-c3ccccc3)CC2)c1. The molecule has 0 bridgehead atoms. The Morgan fingerprint density at radius 2 is 1.71 bits per heavy atom. The molecule has 3 aromatic rings. The van der Waals surface area contributed by atoms with Gasteiger partial charge in [-0.3, -0.25) is 9.36 Å². The quantitative estimate of drug-likeness (QED) is 0.552. The Morgan fingerprint density at radius 1 is 0.968 bits per heavy atom. The van der Waals surface area contributed by atoms with E-state index in [-0.39, 0.29) is 5.91 Å². The summed E-state index contributed by atoms with van der Waals surface area (Å²) in [6.45, 7) is 5.36. The van der Waals surface area contributed by atoms with E-state index in [1.165, 1.54) is 35.9 Å². The van der Waals surface area contributed by atoms with Crippen molar-refractivity contribution in [2.24, 2.45) is 0 Å². The fourth-order valence-electron chi connectivity index (χ4n) is 4.06. The lowest BCUT2D eigenvalue weighted by atomic mass is 10.2. The van der Waals surface area contributed by atoms with Crippen molar-refractivity contribution < 1.29 is 4.79 Å². The monoisotopic (exact) mass is 433 g/mol. The number of hydrogen-bond donors (Lipinski definition) is 0. The molecule has 0 spiro atoms. The number of nitrogens with zero attached hydrogens (tertiary/aromatic N) is 5. The third-order valence-electron chi connectivity index (χ3n) is 5.94. The van der Waals surface area contributed by atoms with Crippen LogP contribution in [-0.2, 0) is 4.79 Å². The first-order chi connectivity index (χ1) is 15.2. The second kappa shape index (κ2) is 8.75. The molecule has 0 radical (unpaired) electrons. The van der Waals surface area contributed by atoms with Crippen LogP contribution in [0.25, 0.3) is 5.69 Å². The topological polar surface area (TPSA) is 54.3 Å². The molecule has 6 nitrogen and oxygen atoms in total. The van der Waals surface area contributed by atoms with Crippen molar-refractivity contribution >= 4 is 23.4 Å². The lowest BCUT2D eigenvalue weighted by Crippen LogP contribution is -2.49. The molecule has 5 rings (SSSR count). The Hall–Kier alpha value is -2.80. The van der Waals surface area contributed by atoms with E-state index >= 15 is 0 Å². The summed E-state index contributed by atoms with van der Waals surface area (Å²) in [5.74, 6) is 2.07. The number of hydrogen-bond acceptors (Lipinski definition) is 5. The Balaban J connectivity index is 1.22. The predicted molar refractivity (Wildman–Crippen MR) is 124 cm³/mol. The van der Waals surface area contributed by atoms with Crippen LogP contribution in [0.2, 0.25) is 0 Å². The second-order valence-electron chi connectivity index (χ2n) is 8.28. The van der Waals surface area contributed by atoms with E-state index in [0.717, 1.165) is 42.8 Å². The second-order valence-corrected chi connectivity index (χ2v) is 9.22. The smallest absolute Gasteiger partial charge is 0.233 e. The molecule has 0 unspecified atom stereocenters. The highest BCUT2D eigenvalue weighted by molar-refractivity contribution is 7.99. The first-order valence-electron chi connectivity index (χ1n) is 10.9. The summed E-state index contributed by atoms with van der Waals surface area (Å²) in [4.78, 5) is 17.2. The van der Waals surface area contributed by atoms with Crippen LogP contribution in [0.4, 0.5) is 5.69 Å². The average molecular weight is 434 g/mol. The van der Waals surface area contributed by atoms with Crippen molar-refractivity contribution in [1.82, 2.24) is 19.7 Å². The zero-order valence-electron chi connectivity index (χ0n) is 17.8. The van der Waals surface area contributed by atoms with Gasteiger partial charge in [-0.2, -0.15) is 0 Å². The van der Waals surface area contributed by atoms with Gasteiger partial charge in [0.15, 0.2) is 5.16 Å². The molecule has 0 N–H and O–H groups in total. The van der Waals surface area contributed by atoms with Crippen molar-refractivity contribution in [3.05, 3.63) is 66.0 Å². The van der Waals surface area contributed by atoms with Crippen molar-refractivity contribution in [3.63, 3.8) is 0 Å². The molecular weight excluding hydrogens is 406 g/mol. The maximum atomic E-state index is 12.9. The number of carbonyl (C=O) groups is 1. The molecule has 0 atom stereocenters. The van der Waals surface area contributed by atoms with E-state index in [2.05, 4.69) is 63.0 Å². The number of aromatic nitrogens is 3. The van der Waals surface area contributed by atoms with Gasteiger partial charge in [-0.05, 0) is 49.6 Å². The molecule has 1 aromatic heterocycles. The fraction of sp³-hybridized carbons (Fsp3) is 0.375. The summed E-state index contributed by atoms with van der Waals surface area (Å²) in [6.07, 6.45) is 2.33. The van der Waals surface area contributed by atoms with Crippen molar-refractivity contribution in [1.29, 1.82) is 0 Å². The predicted octanol–water partition coefficient (Wildman–Crippen LogP) is 3.89. The third kappa shape index (κ3) is 4.46. The Labute approximate surface area is 187 Å². The minimum Gasteiger partial charge on any atom is -0.368 e. The molecule has 160 valence electrons. The number of thioether (sulfide) groups is 1. The molecule has 7 heteroatoms. The summed E-state index contributed by atoms with van der Waals surface area (Å²) < 4.78 is 2.13. The van der Waals surface area contributed by atoms with Crippen LogP contribution in [0, 0.1) is 6.92 Å². The molecule has 1 aliphatic heterocycles. The number of para-hydroxylation sites is 1. The first kappa shape index (κ1) is 20.1. The molecule has 1 saturated heterocycles. The number of rotatable bonds is 6. The zero-order chi connectivity index (χ0) is 21.2. The standard InChI is InChI=1S/C24H27N5OS/c1-18-6-5-9-21(16-18)27-12-14-28(15-13-27)22(30)17-31-24-26-25-23(19-10-11-19)29(24)20-7-3-2-4-8-20/h2-9,16,19H,10-15,17H2,1H3. The molecule has 2 aromatic carbocycles. The third-order valence-corrected chi connectivity index (χ3v) is 6.85. The van der Waals surface area contributed by atoms with Gasteiger partial charge in [-0.15, -0.1) is 10.2 Å². The molecule has 2 fully saturated rings. The van der Waals surface area contributed by atoms with E-state index in [9.17, 15) is 4.79 Å². The largest absolute Gasteiger partial charge is 0.368 e. The Bertz CT molecular complexity index is 1050. The van der Waals surface area contributed by atoms with Gasteiger partial charge in [0.05, 0.1) is 5.75 Å². The molecule has 31 heavy (non-hydrogen) atoms. The minimum atomic E-state index is 0.171. The summed E-state index contributed by atoms with van der Waals surface area (Å²) in [6, 6.07) is 18.8. The number of benzene rings is 2. The highest BCUT2D eigenvalue weighted by Gasteiger charge is 2.31. The lowest BCUT2D eigenvalue weighted by molar-refractivity contribution is -0.128. The number of aryl methyl sites for hydroxylation is 1. The van der Waals surface area contributed by atoms with Crippen LogP contribution in [-0.4, -0.2) is 57.5 Å². The van der Waals surface area contributed by atoms with E-state index in [1.54, 1.807) is 0 Å². The van der Waals surface area contributed by atoms with Crippen LogP contribution in [0.3, 0.4) is 0 Å². The van der Waals surface area contributed by atoms with Crippen LogP contribution in [0.15, 0.2) is 59.8 Å². The molecular formula is C24H27N5OS. The number of amides is 1. The zero-order valence-corrected chi connectivity index (χ0v) is 18.6. The fourth-order valence-corrected chi connectivity index (χ4v) is 4.92. The van der Waals surface area contributed by atoms with Gasteiger partial charge in [0.1, 0.15) is 5.82 Å².